The van der Waals surface area contributed by atoms with Crippen LogP contribution >= 0.6 is 0 Å². The van der Waals surface area contributed by atoms with Crippen LogP contribution in [0.3, 0.4) is 0 Å². The molecular weight excluding hydrogens is 246 g/mol. The first-order valence-electron chi connectivity index (χ1n) is 5.64. The zero-order valence-corrected chi connectivity index (χ0v) is 10.8. The Balaban J connectivity index is 2.84. The van der Waals surface area contributed by atoms with Gasteiger partial charge in [-0.05, 0) is 23.8 Å². The molecule has 1 aromatic rings. The maximum absolute atomic E-state index is 11.3. The molecule has 100 valence electrons. The molecule has 6 heteroatoms. The van der Waals surface area contributed by atoms with Crippen molar-refractivity contribution in [3.63, 3.8) is 0 Å². The molecule has 0 aromatic heterocycles. The first-order chi connectivity index (χ1) is 9.08. The molecule has 1 rings (SSSR count). The van der Waals surface area contributed by atoms with Gasteiger partial charge in [-0.1, -0.05) is 0 Å². The molecule has 6 nitrogen and oxygen atoms in total. The molecule has 1 aromatic carbocycles. The number of amides is 1. The fourth-order valence-electron chi connectivity index (χ4n) is 1.36. The van der Waals surface area contributed by atoms with Gasteiger partial charge in [0.05, 0.1) is 32.4 Å². The standard InChI is InChI=1S/C13H15N3O3/c1-10(17)16(7-3-6-14)15-9-11-4-5-12(18)13(8-11)19-2/h4-5,8-9,18H,3,7H2,1-2H3. The molecule has 0 radical (unpaired) electrons. The number of hydrazone groups is 1. The predicted octanol–water partition coefficient (Wildman–Crippen LogP) is 1.50. The molecular formula is C13H15N3O3. The van der Waals surface area contributed by atoms with Crippen molar-refractivity contribution in [3.8, 4) is 17.6 Å². The van der Waals surface area contributed by atoms with Gasteiger partial charge >= 0.3 is 0 Å². The molecule has 0 heterocycles. The molecule has 0 spiro atoms. The summed E-state index contributed by atoms with van der Waals surface area (Å²) in [4.78, 5) is 11.3. The number of phenols is 1. The van der Waals surface area contributed by atoms with Crippen molar-refractivity contribution in [2.24, 2.45) is 5.10 Å². The molecule has 1 N–H and O–H groups in total. The molecule has 19 heavy (non-hydrogen) atoms. The first kappa shape index (κ1) is 14.5. The summed E-state index contributed by atoms with van der Waals surface area (Å²) in [5.41, 5.74) is 0.679. The maximum Gasteiger partial charge on any atom is 0.239 e. The van der Waals surface area contributed by atoms with Gasteiger partial charge in [0, 0.05) is 6.92 Å². The van der Waals surface area contributed by atoms with Crippen molar-refractivity contribution in [1.82, 2.24) is 5.01 Å². The summed E-state index contributed by atoms with van der Waals surface area (Å²) in [6, 6.07) is 6.68. The van der Waals surface area contributed by atoms with Crippen LogP contribution < -0.4 is 4.74 Å². The quantitative estimate of drug-likeness (QED) is 0.642. The van der Waals surface area contributed by atoms with E-state index in [1.807, 2.05) is 6.07 Å². The third kappa shape index (κ3) is 4.32. The minimum Gasteiger partial charge on any atom is -0.504 e. The highest BCUT2D eigenvalue weighted by Gasteiger charge is 2.06. The lowest BCUT2D eigenvalue weighted by Crippen LogP contribution is -2.24. The number of hydrogen-bond acceptors (Lipinski definition) is 5. The number of methoxy groups -OCH3 is 1. The zero-order valence-electron chi connectivity index (χ0n) is 10.8. The number of benzene rings is 1. The van der Waals surface area contributed by atoms with Gasteiger partial charge in [-0.3, -0.25) is 4.79 Å². The minimum absolute atomic E-state index is 0.0348. The fourth-order valence-corrected chi connectivity index (χ4v) is 1.36. The van der Waals surface area contributed by atoms with E-state index in [-0.39, 0.29) is 24.6 Å². The van der Waals surface area contributed by atoms with E-state index in [0.717, 1.165) is 0 Å². The van der Waals surface area contributed by atoms with E-state index in [1.165, 1.54) is 31.3 Å². The number of hydrogen-bond donors (Lipinski definition) is 1. The summed E-state index contributed by atoms with van der Waals surface area (Å²) in [7, 11) is 1.45. The maximum atomic E-state index is 11.3. The van der Waals surface area contributed by atoms with Gasteiger partial charge < -0.3 is 9.84 Å². The summed E-state index contributed by atoms with van der Waals surface area (Å²) in [6.07, 6.45) is 1.69. The van der Waals surface area contributed by atoms with Crippen LogP contribution in [0.4, 0.5) is 0 Å². The van der Waals surface area contributed by atoms with Crippen LogP contribution in [0.1, 0.15) is 18.9 Å². The lowest BCUT2D eigenvalue weighted by atomic mass is 10.2. The monoisotopic (exact) mass is 261 g/mol. The molecule has 0 aliphatic carbocycles. The van der Waals surface area contributed by atoms with Crippen molar-refractivity contribution in [1.29, 1.82) is 5.26 Å². The van der Waals surface area contributed by atoms with Crippen molar-refractivity contribution in [2.75, 3.05) is 13.7 Å². The molecule has 0 unspecified atom stereocenters. The molecule has 0 aliphatic heterocycles. The lowest BCUT2D eigenvalue weighted by Gasteiger charge is -2.12. The second kappa shape index (κ2) is 7.01. The molecule has 0 atom stereocenters. The van der Waals surface area contributed by atoms with Crippen molar-refractivity contribution >= 4 is 12.1 Å². The van der Waals surface area contributed by atoms with Crippen LogP contribution in [-0.4, -0.2) is 35.9 Å². The van der Waals surface area contributed by atoms with Crippen LogP contribution in [0.15, 0.2) is 23.3 Å². The Morgan fingerprint density at radius 1 is 1.63 bits per heavy atom. The number of phenolic OH excluding ortho intramolecular Hbond substituents is 1. The smallest absolute Gasteiger partial charge is 0.239 e. The number of carbonyl (C=O) groups excluding carboxylic acids is 1. The second-order valence-electron chi connectivity index (χ2n) is 3.73. The van der Waals surface area contributed by atoms with Gasteiger partial charge in [0.15, 0.2) is 11.5 Å². The number of aromatic hydroxyl groups is 1. The van der Waals surface area contributed by atoms with Crippen LogP contribution in [0.25, 0.3) is 0 Å². The van der Waals surface area contributed by atoms with E-state index >= 15 is 0 Å². The Hall–Kier alpha value is -2.55. The van der Waals surface area contributed by atoms with E-state index in [9.17, 15) is 9.90 Å². The van der Waals surface area contributed by atoms with Crippen LogP contribution in [0, 0.1) is 11.3 Å². The Bertz CT molecular complexity index is 520. The SMILES string of the molecule is COc1cc(C=NN(CCC#N)C(C)=O)ccc1O. The summed E-state index contributed by atoms with van der Waals surface area (Å²) in [5, 5.41) is 23.2. The minimum atomic E-state index is -0.239. The normalized spacial score (nSPS) is 10.2. The highest BCUT2D eigenvalue weighted by molar-refractivity contribution is 5.82. The molecule has 0 saturated heterocycles. The largest absolute Gasteiger partial charge is 0.504 e. The van der Waals surface area contributed by atoms with E-state index < -0.39 is 0 Å². The highest BCUT2D eigenvalue weighted by atomic mass is 16.5. The van der Waals surface area contributed by atoms with E-state index in [0.29, 0.717) is 11.3 Å². The van der Waals surface area contributed by atoms with Gasteiger partial charge in [-0.15, -0.1) is 0 Å². The van der Waals surface area contributed by atoms with Crippen LogP contribution in [-0.2, 0) is 4.79 Å². The topological polar surface area (TPSA) is 85.9 Å². The average molecular weight is 261 g/mol. The molecule has 0 bridgehead atoms. The lowest BCUT2D eigenvalue weighted by molar-refractivity contribution is -0.128. The van der Waals surface area contributed by atoms with Crippen LogP contribution in [0.2, 0.25) is 0 Å². The first-order valence-corrected chi connectivity index (χ1v) is 5.64. The highest BCUT2D eigenvalue weighted by Crippen LogP contribution is 2.25. The van der Waals surface area contributed by atoms with Gasteiger partial charge in [0.25, 0.3) is 0 Å². The summed E-state index contributed by atoms with van der Waals surface area (Å²) in [5.74, 6) is 0.125. The molecule has 1 amide bonds. The van der Waals surface area contributed by atoms with Crippen molar-refractivity contribution in [3.05, 3.63) is 23.8 Å². The summed E-state index contributed by atoms with van der Waals surface area (Å²) in [6.45, 7) is 1.63. The van der Waals surface area contributed by atoms with Crippen molar-refractivity contribution in [2.45, 2.75) is 13.3 Å². The average Bonchev–Trinajstić information content (AvgIpc) is 2.40. The zero-order chi connectivity index (χ0) is 14.3. The van der Waals surface area contributed by atoms with Gasteiger partial charge in [0.2, 0.25) is 5.91 Å². The Morgan fingerprint density at radius 2 is 2.37 bits per heavy atom. The predicted molar refractivity (Wildman–Crippen MR) is 69.9 cm³/mol. The number of rotatable bonds is 5. The molecule has 0 aliphatic rings. The Labute approximate surface area is 111 Å². The van der Waals surface area contributed by atoms with E-state index in [2.05, 4.69) is 5.10 Å². The van der Waals surface area contributed by atoms with E-state index in [1.54, 1.807) is 12.1 Å². The summed E-state index contributed by atoms with van der Waals surface area (Å²) >= 11 is 0. The third-order valence-electron chi connectivity index (χ3n) is 2.35. The number of ether oxygens (including phenoxy) is 1. The van der Waals surface area contributed by atoms with Gasteiger partial charge in [-0.2, -0.15) is 10.4 Å². The summed E-state index contributed by atoms with van der Waals surface area (Å²) < 4.78 is 4.97. The Morgan fingerprint density at radius 3 is 2.95 bits per heavy atom. The Kier molecular flexibility index (Phi) is 5.35. The molecule has 0 saturated carbocycles. The number of carbonyl (C=O) groups is 1. The van der Waals surface area contributed by atoms with Gasteiger partial charge in [-0.25, -0.2) is 5.01 Å². The van der Waals surface area contributed by atoms with Crippen molar-refractivity contribution < 1.29 is 14.6 Å². The molecule has 0 fully saturated rings. The van der Waals surface area contributed by atoms with E-state index in [4.69, 9.17) is 10.00 Å². The third-order valence-corrected chi connectivity index (χ3v) is 2.35. The number of nitriles is 1. The fraction of sp³-hybridized carbons (Fsp3) is 0.308. The number of nitrogens with zero attached hydrogens (tertiary/aromatic N) is 3. The van der Waals surface area contributed by atoms with Gasteiger partial charge in [0.1, 0.15) is 0 Å². The van der Waals surface area contributed by atoms with Crippen LogP contribution in [0.5, 0.6) is 11.5 Å². The second-order valence-corrected chi connectivity index (χ2v) is 3.73.